The van der Waals surface area contributed by atoms with Crippen LogP contribution in [0.5, 0.6) is 0 Å². The van der Waals surface area contributed by atoms with Gasteiger partial charge in [0.15, 0.2) is 0 Å². The van der Waals surface area contributed by atoms with Crippen molar-refractivity contribution in [3.63, 3.8) is 0 Å². The van der Waals surface area contributed by atoms with Gasteiger partial charge in [0.25, 0.3) is 0 Å². The lowest BCUT2D eigenvalue weighted by Crippen LogP contribution is -2.04. The zero-order valence-electron chi connectivity index (χ0n) is 9.35. The lowest BCUT2D eigenvalue weighted by atomic mass is 9.99. The molecule has 0 saturated heterocycles. The molecule has 0 radical (unpaired) electrons. The van der Waals surface area contributed by atoms with E-state index in [1.807, 2.05) is 17.9 Å². The van der Waals surface area contributed by atoms with Gasteiger partial charge in [-0.05, 0) is 29.5 Å². The Bertz CT molecular complexity index is 528. The van der Waals surface area contributed by atoms with E-state index in [1.165, 1.54) is 22.3 Å². The Kier molecular flexibility index (Phi) is 2.07. The second kappa shape index (κ2) is 3.46. The van der Waals surface area contributed by atoms with Gasteiger partial charge in [-0.1, -0.05) is 18.2 Å². The minimum atomic E-state index is 0.214. The van der Waals surface area contributed by atoms with Crippen molar-refractivity contribution in [2.45, 2.75) is 18.9 Å². The quantitative estimate of drug-likeness (QED) is 0.787. The van der Waals surface area contributed by atoms with E-state index in [-0.39, 0.29) is 6.04 Å². The van der Waals surface area contributed by atoms with E-state index in [0.717, 1.165) is 12.8 Å². The molecule has 3 nitrogen and oxygen atoms in total. The van der Waals surface area contributed by atoms with Gasteiger partial charge in [-0.2, -0.15) is 5.10 Å². The first kappa shape index (κ1) is 9.60. The predicted octanol–water partition coefficient (Wildman–Crippen LogP) is 2.03. The average Bonchev–Trinajstić information content (AvgIpc) is 2.86. The summed E-state index contributed by atoms with van der Waals surface area (Å²) in [5, 5.41) is 4.22. The third-order valence-electron chi connectivity index (χ3n) is 3.33. The SMILES string of the molecule is Cn1cc(-c2cccc3c2CCC3N)cn1. The van der Waals surface area contributed by atoms with Crippen LogP contribution < -0.4 is 5.73 Å². The van der Waals surface area contributed by atoms with Crippen molar-refractivity contribution in [3.8, 4) is 11.1 Å². The number of aromatic nitrogens is 2. The van der Waals surface area contributed by atoms with E-state index in [9.17, 15) is 0 Å². The predicted molar refractivity (Wildman–Crippen MR) is 63.9 cm³/mol. The van der Waals surface area contributed by atoms with Crippen LogP contribution >= 0.6 is 0 Å². The van der Waals surface area contributed by atoms with Crippen molar-refractivity contribution in [1.29, 1.82) is 0 Å². The van der Waals surface area contributed by atoms with E-state index >= 15 is 0 Å². The van der Waals surface area contributed by atoms with Crippen molar-refractivity contribution < 1.29 is 0 Å². The van der Waals surface area contributed by atoms with Crippen molar-refractivity contribution in [2.24, 2.45) is 12.8 Å². The fourth-order valence-corrected chi connectivity index (χ4v) is 2.52. The first-order valence-corrected chi connectivity index (χ1v) is 5.62. The van der Waals surface area contributed by atoms with Crippen molar-refractivity contribution >= 4 is 0 Å². The second-order valence-electron chi connectivity index (χ2n) is 4.42. The second-order valence-corrected chi connectivity index (χ2v) is 4.42. The summed E-state index contributed by atoms with van der Waals surface area (Å²) < 4.78 is 1.84. The summed E-state index contributed by atoms with van der Waals surface area (Å²) in [5.41, 5.74) is 11.3. The van der Waals surface area contributed by atoms with Crippen LogP contribution in [-0.2, 0) is 13.5 Å². The van der Waals surface area contributed by atoms with Crippen LogP contribution in [0.4, 0.5) is 0 Å². The van der Waals surface area contributed by atoms with Gasteiger partial charge in [0.1, 0.15) is 0 Å². The number of fused-ring (bicyclic) bond motifs is 1. The minimum Gasteiger partial charge on any atom is -0.324 e. The number of aryl methyl sites for hydroxylation is 1. The summed E-state index contributed by atoms with van der Waals surface area (Å²) in [6.45, 7) is 0. The lowest BCUT2D eigenvalue weighted by Gasteiger charge is -2.07. The molecule has 0 fully saturated rings. The molecule has 0 aliphatic heterocycles. The van der Waals surface area contributed by atoms with Gasteiger partial charge in [-0.25, -0.2) is 0 Å². The van der Waals surface area contributed by atoms with Crippen LogP contribution in [0.15, 0.2) is 30.6 Å². The third kappa shape index (κ3) is 1.36. The summed E-state index contributed by atoms with van der Waals surface area (Å²) in [6, 6.07) is 6.61. The Morgan fingerprint density at radius 3 is 3.06 bits per heavy atom. The highest BCUT2D eigenvalue weighted by molar-refractivity contribution is 5.68. The van der Waals surface area contributed by atoms with E-state index in [1.54, 1.807) is 0 Å². The molecule has 3 heteroatoms. The number of hydrogen-bond donors (Lipinski definition) is 1. The molecular formula is C13H15N3. The maximum absolute atomic E-state index is 6.08. The molecule has 3 rings (SSSR count). The maximum Gasteiger partial charge on any atom is 0.0568 e. The van der Waals surface area contributed by atoms with Gasteiger partial charge in [0.05, 0.1) is 6.20 Å². The van der Waals surface area contributed by atoms with Gasteiger partial charge in [0, 0.05) is 24.8 Å². The van der Waals surface area contributed by atoms with E-state index in [2.05, 4.69) is 29.5 Å². The molecule has 2 aromatic rings. The zero-order chi connectivity index (χ0) is 11.1. The van der Waals surface area contributed by atoms with Crippen molar-refractivity contribution in [2.75, 3.05) is 0 Å². The Balaban J connectivity index is 2.16. The number of rotatable bonds is 1. The summed E-state index contributed by atoms with van der Waals surface area (Å²) in [7, 11) is 1.94. The molecule has 1 aliphatic carbocycles. The summed E-state index contributed by atoms with van der Waals surface area (Å²) in [4.78, 5) is 0. The fraction of sp³-hybridized carbons (Fsp3) is 0.308. The third-order valence-corrected chi connectivity index (χ3v) is 3.33. The summed E-state index contributed by atoms with van der Waals surface area (Å²) in [6.07, 6.45) is 6.12. The van der Waals surface area contributed by atoms with Gasteiger partial charge in [-0.15, -0.1) is 0 Å². The van der Waals surface area contributed by atoms with Crippen LogP contribution in [0.25, 0.3) is 11.1 Å². The van der Waals surface area contributed by atoms with Crippen LogP contribution in [0, 0.1) is 0 Å². The molecule has 1 aromatic heterocycles. The first-order chi connectivity index (χ1) is 7.75. The van der Waals surface area contributed by atoms with Gasteiger partial charge >= 0.3 is 0 Å². The van der Waals surface area contributed by atoms with Crippen LogP contribution in [0.2, 0.25) is 0 Å². The average molecular weight is 213 g/mol. The first-order valence-electron chi connectivity index (χ1n) is 5.62. The molecule has 1 unspecified atom stereocenters. The maximum atomic E-state index is 6.08. The monoisotopic (exact) mass is 213 g/mol. The van der Waals surface area contributed by atoms with Crippen molar-refractivity contribution in [1.82, 2.24) is 9.78 Å². The summed E-state index contributed by atoms with van der Waals surface area (Å²) >= 11 is 0. The Labute approximate surface area is 94.9 Å². The lowest BCUT2D eigenvalue weighted by molar-refractivity contribution is 0.713. The number of nitrogens with two attached hydrogens (primary N) is 1. The Morgan fingerprint density at radius 1 is 1.44 bits per heavy atom. The molecule has 1 aromatic carbocycles. The molecule has 1 aliphatic rings. The fourth-order valence-electron chi connectivity index (χ4n) is 2.52. The van der Waals surface area contributed by atoms with Crippen LogP contribution in [-0.4, -0.2) is 9.78 Å². The smallest absolute Gasteiger partial charge is 0.0568 e. The van der Waals surface area contributed by atoms with Crippen LogP contribution in [0.3, 0.4) is 0 Å². The highest BCUT2D eigenvalue weighted by Crippen LogP contribution is 2.36. The molecule has 82 valence electrons. The summed E-state index contributed by atoms with van der Waals surface area (Å²) in [5.74, 6) is 0. The molecule has 1 heterocycles. The molecular weight excluding hydrogens is 198 g/mol. The standard InChI is InChI=1S/C13H15N3/c1-16-8-9(7-15-16)10-3-2-4-12-11(10)5-6-13(12)14/h2-4,7-8,13H,5-6,14H2,1H3. The Morgan fingerprint density at radius 2 is 2.31 bits per heavy atom. The zero-order valence-corrected chi connectivity index (χ0v) is 9.35. The number of hydrogen-bond acceptors (Lipinski definition) is 2. The molecule has 16 heavy (non-hydrogen) atoms. The van der Waals surface area contributed by atoms with Crippen molar-refractivity contribution in [3.05, 3.63) is 41.7 Å². The molecule has 0 amide bonds. The van der Waals surface area contributed by atoms with Gasteiger partial charge in [0.2, 0.25) is 0 Å². The highest BCUT2D eigenvalue weighted by atomic mass is 15.2. The van der Waals surface area contributed by atoms with E-state index in [4.69, 9.17) is 5.73 Å². The van der Waals surface area contributed by atoms with E-state index < -0.39 is 0 Å². The minimum absolute atomic E-state index is 0.214. The highest BCUT2D eigenvalue weighted by Gasteiger charge is 2.21. The van der Waals surface area contributed by atoms with Crippen LogP contribution in [0.1, 0.15) is 23.6 Å². The Hall–Kier alpha value is -1.61. The topological polar surface area (TPSA) is 43.8 Å². The van der Waals surface area contributed by atoms with Gasteiger partial charge in [-0.3, -0.25) is 4.68 Å². The molecule has 1 atom stereocenters. The van der Waals surface area contributed by atoms with E-state index in [0.29, 0.717) is 0 Å². The largest absolute Gasteiger partial charge is 0.324 e. The molecule has 0 spiro atoms. The normalized spacial score (nSPS) is 18.8. The number of benzene rings is 1. The molecule has 0 bridgehead atoms. The number of nitrogens with zero attached hydrogens (tertiary/aromatic N) is 2. The van der Waals surface area contributed by atoms with Gasteiger partial charge < -0.3 is 5.73 Å². The molecule has 2 N–H and O–H groups in total. The molecule has 0 saturated carbocycles.